The van der Waals surface area contributed by atoms with Crippen molar-refractivity contribution in [2.24, 2.45) is 0 Å². The summed E-state index contributed by atoms with van der Waals surface area (Å²) < 4.78 is 5.52. The zero-order valence-electron chi connectivity index (χ0n) is 13.5. The summed E-state index contributed by atoms with van der Waals surface area (Å²) in [6.07, 6.45) is 2.36. The van der Waals surface area contributed by atoms with Gasteiger partial charge in [0.15, 0.2) is 0 Å². The molecule has 0 saturated heterocycles. The van der Waals surface area contributed by atoms with Crippen LogP contribution in [0.5, 0.6) is 0 Å². The van der Waals surface area contributed by atoms with Crippen LogP contribution in [0.25, 0.3) is 0 Å². The molecule has 1 rings (SSSR count). The van der Waals surface area contributed by atoms with Crippen LogP contribution in [-0.4, -0.2) is 39.9 Å². The molecule has 1 N–H and O–H groups in total. The zero-order valence-corrected chi connectivity index (χ0v) is 13.5. The van der Waals surface area contributed by atoms with E-state index in [1.807, 2.05) is 0 Å². The molecule has 114 valence electrons. The number of aryl methyl sites for hydroxylation is 2. The SMILES string of the molecule is CCCCOCCNCCN(C)c1ccc(C)cc1C. The zero-order chi connectivity index (χ0) is 14.8. The van der Waals surface area contributed by atoms with E-state index in [1.165, 1.54) is 23.2 Å². The van der Waals surface area contributed by atoms with Gasteiger partial charge in [-0.2, -0.15) is 0 Å². The van der Waals surface area contributed by atoms with Gasteiger partial charge in [0, 0.05) is 39.0 Å². The van der Waals surface area contributed by atoms with Gasteiger partial charge in [-0.25, -0.2) is 0 Å². The van der Waals surface area contributed by atoms with Crippen molar-refractivity contribution in [2.45, 2.75) is 33.6 Å². The van der Waals surface area contributed by atoms with Gasteiger partial charge in [0.25, 0.3) is 0 Å². The quantitative estimate of drug-likeness (QED) is 0.665. The standard InChI is InChI=1S/C17H30N2O/c1-5-6-12-20-13-10-18-9-11-19(4)17-8-7-15(2)14-16(17)3/h7-8,14,18H,5-6,9-13H2,1-4H3. The Labute approximate surface area is 124 Å². The number of benzene rings is 1. The molecule has 0 spiro atoms. The van der Waals surface area contributed by atoms with Crippen LogP contribution in [0.3, 0.4) is 0 Å². The summed E-state index contributed by atoms with van der Waals surface area (Å²) in [6.45, 7) is 11.1. The van der Waals surface area contributed by atoms with Crippen molar-refractivity contribution in [2.75, 3.05) is 44.8 Å². The summed E-state index contributed by atoms with van der Waals surface area (Å²) in [5.74, 6) is 0. The number of ether oxygens (including phenoxy) is 1. The third kappa shape index (κ3) is 6.40. The van der Waals surface area contributed by atoms with E-state index in [-0.39, 0.29) is 0 Å². The summed E-state index contributed by atoms with van der Waals surface area (Å²) in [4.78, 5) is 2.31. The molecule has 3 nitrogen and oxygen atoms in total. The molecule has 0 unspecified atom stereocenters. The third-order valence-corrected chi connectivity index (χ3v) is 3.45. The Morgan fingerprint density at radius 1 is 1.15 bits per heavy atom. The van der Waals surface area contributed by atoms with Crippen LogP contribution < -0.4 is 10.2 Å². The second-order valence-electron chi connectivity index (χ2n) is 5.43. The number of rotatable bonds is 10. The number of hydrogen-bond donors (Lipinski definition) is 1. The Kier molecular flexibility index (Phi) is 8.31. The highest BCUT2D eigenvalue weighted by Gasteiger charge is 2.03. The highest BCUT2D eigenvalue weighted by Crippen LogP contribution is 2.19. The summed E-state index contributed by atoms with van der Waals surface area (Å²) >= 11 is 0. The predicted octanol–water partition coefficient (Wildman–Crippen LogP) is 3.15. The summed E-state index contributed by atoms with van der Waals surface area (Å²) in [6, 6.07) is 6.62. The van der Waals surface area contributed by atoms with E-state index in [4.69, 9.17) is 4.74 Å². The minimum atomic E-state index is 0.813. The molecule has 0 aliphatic rings. The van der Waals surface area contributed by atoms with Gasteiger partial charge < -0.3 is 15.0 Å². The lowest BCUT2D eigenvalue weighted by Crippen LogP contribution is -2.31. The molecule has 3 heteroatoms. The van der Waals surface area contributed by atoms with E-state index < -0.39 is 0 Å². The van der Waals surface area contributed by atoms with Gasteiger partial charge in [-0.3, -0.25) is 0 Å². The molecule has 0 atom stereocenters. The van der Waals surface area contributed by atoms with Crippen LogP contribution in [0, 0.1) is 13.8 Å². The van der Waals surface area contributed by atoms with Crippen LogP contribution in [0.4, 0.5) is 5.69 Å². The van der Waals surface area contributed by atoms with Crippen LogP contribution >= 0.6 is 0 Å². The topological polar surface area (TPSA) is 24.5 Å². The lowest BCUT2D eigenvalue weighted by atomic mass is 10.1. The minimum Gasteiger partial charge on any atom is -0.380 e. The number of hydrogen-bond acceptors (Lipinski definition) is 3. The lowest BCUT2D eigenvalue weighted by Gasteiger charge is -2.22. The van der Waals surface area contributed by atoms with E-state index in [2.05, 4.69) is 56.2 Å². The number of nitrogens with one attached hydrogen (secondary N) is 1. The van der Waals surface area contributed by atoms with Crippen LogP contribution in [0.15, 0.2) is 18.2 Å². The first-order valence-corrected chi connectivity index (χ1v) is 7.72. The lowest BCUT2D eigenvalue weighted by molar-refractivity contribution is 0.133. The molecular weight excluding hydrogens is 248 g/mol. The van der Waals surface area contributed by atoms with Gasteiger partial charge >= 0.3 is 0 Å². The highest BCUT2D eigenvalue weighted by atomic mass is 16.5. The maximum absolute atomic E-state index is 5.52. The molecule has 0 aromatic heterocycles. The smallest absolute Gasteiger partial charge is 0.0590 e. The molecule has 0 radical (unpaired) electrons. The summed E-state index contributed by atoms with van der Waals surface area (Å²) in [7, 11) is 2.15. The average Bonchev–Trinajstić information content (AvgIpc) is 2.41. The second-order valence-corrected chi connectivity index (χ2v) is 5.43. The number of likely N-dealkylation sites (N-methyl/N-ethyl adjacent to an activating group) is 1. The number of unbranched alkanes of at least 4 members (excludes halogenated alkanes) is 1. The molecule has 0 aliphatic carbocycles. The largest absolute Gasteiger partial charge is 0.380 e. The van der Waals surface area contributed by atoms with Crippen molar-refractivity contribution in [3.05, 3.63) is 29.3 Å². The molecular formula is C17H30N2O. The number of nitrogens with zero attached hydrogens (tertiary/aromatic N) is 1. The van der Waals surface area contributed by atoms with Crippen molar-refractivity contribution < 1.29 is 4.74 Å². The van der Waals surface area contributed by atoms with E-state index in [0.29, 0.717) is 0 Å². The van der Waals surface area contributed by atoms with Gasteiger partial charge in [-0.1, -0.05) is 31.0 Å². The summed E-state index contributed by atoms with van der Waals surface area (Å²) in [5.41, 5.74) is 3.98. The molecule has 0 saturated carbocycles. The van der Waals surface area contributed by atoms with Crippen LogP contribution in [0.1, 0.15) is 30.9 Å². The molecule has 0 amide bonds. The molecule has 0 bridgehead atoms. The Morgan fingerprint density at radius 2 is 1.95 bits per heavy atom. The van der Waals surface area contributed by atoms with Crippen molar-refractivity contribution in [1.29, 1.82) is 0 Å². The van der Waals surface area contributed by atoms with Crippen molar-refractivity contribution >= 4 is 5.69 Å². The van der Waals surface area contributed by atoms with Crippen molar-refractivity contribution in [3.8, 4) is 0 Å². The first kappa shape index (κ1) is 17.0. The van der Waals surface area contributed by atoms with Gasteiger partial charge in [0.2, 0.25) is 0 Å². The maximum Gasteiger partial charge on any atom is 0.0590 e. The number of anilines is 1. The highest BCUT2D eigenvalue weighted by molar-refractivity contribution is 5.53. The Bertz CT molecular complexity index is 379. The first-order chi connectivity index (χ1) is 9.65. The molecule has 20 heavy (non-hydrogen) atoms. The fraction of sp³-hybridized carbons (Fsp3) is 0.647. The minimum absolute atomic E-state index is 0.813. The van der Waals surface area contributed by atoms with Gasteiger partial charge in [-0.15, -0.1) is 0 Å². The Morgan fingerprint density at radius 3 is 2.65 bits per heavy atom. The average molecular weight is 278 g/mol. The van der Waals surface area contributed by atoms with E-state index >= 15 is 0 Å². The molecule has 1 aromatic rings. The third-order valence-electron chi connectivity index (χ3n) is 3.45. The molecule has 1 aromatic carbocycles. The summed E-state index contributed by atoms with van der Waals surface area (Å²) in [5, 5.41) is 3.43. The fourth-order valence-corrected chi connectivity index (χ4v) is 2.22. The predicted molar refractivity (Wildman–Crippen MR) is 87.8 cm³/mol. The maximum atomic E-state index is 5.52. The Balaban J connectivity index is 2.15. The van der Waals surface area contributed by atoms with E-state index in [9.17, 15) is 0 Å². The monoisotopic (exact) mass is 278 g/mol. The van der Waals surface area contributed by atoms with Crippen LogP contribution in [0.2, 0.25) is 0 Å². The normalized spacial score (nSPS) is 10.8. The van der Waals surface area contributed by atoms with Crippen molar-refractivity contribution in [3.63, 3.8) is 0 Å². The Hall–Kier alpha value is -1.06. The first-order valence-electron chi connectivity index (χ1n) is 7.72. The molecule has 0 aliphatic heterocycles. The van der Waals surface area contributed by atoms with Crippen molar-refractivity contribution in [1.82, 2.24) is 5.32 Å². The van der Waals surface area contributed by atoms with Crippen LogP contribution in [-0.2, 0) is 4.74 Å². The second kappa shape index (κ2) is 9.78. The van der Waals surface area contributed by atoms with Gasteiger partial charge in [0.05, 0.1) is 6.61 Å². The van der Waals surface area contributed by atoms with Gasteiger partial charge in [0.1, 0.15) is 0 Å². The van der Waals surface area contributed by atoms with E-state index in [0.717, 1.165) is 39.3 Å². The van der Waals surface area contributed by atoms with Gasteiger partial charge in [-0.05, 0) is 31.9 Å². The molecule has 0 fully saturated rings. The molecule has 0 heterocycles. The fourth-order valence-electron chi connectivity index (χ4n) is 2.22. The van der Waals surface area contributed by atoms with E-state index in [1.54, 1.807) is 0 Å².